The Bertz CT molecular complexity index is 1650. The minimum Gasteiger partial charge on any atom is -0.497 e. The van der Waals surface area contributed by atoms with E-state index in [1.54, 1.807) is 56.7 Å². The highest BCUT2D eigenvalue weighted by atomic mass is 19.4. The maximum absolute atomic E-state index is 13.9. The number of esters is 1. The normalized spacial score (nSPS) is 11.6. The average Bonchev–Trinajstić information content (AvgIpc) is 3.29. The van der Waals surface area contributed by atoms with Gasteiger partial charge in [0.25, 0.3) is 0 Å². The van der Waals surface area contributed by atoms with E-state index < -0.39 is 23.4 Å². The lowest BCUT2D eigenvalue weighted by Crippen LogP contribution is -2.17. The molecule has 0 amide bonds. The number of halogens is 3. The van der Waals surface area contributed by atoms with Gasteiger partial charge in [0.05, 0.1) is 43.2 Å². The monoisotopic (exact) mass is 522 g/mol. The Morgan fingerprint density at radius 1 is 0.895 bits per heavy atom. The fourth-order valence-corrected chi connectivity index (χ4v) is 4.07. The van der Waals surface area contributed by atoms with E-state index in [9.17, 15) is 18.0 Å². The first kappa shape index (κ1) is 25.0. The van der Waals surface area contributed by atoms with Crippen LogP contribution in [-0.4, -0.2) is 46.4 Å². The summed E-state index contributed by atoms with van der Waals surface area (Å²) >= 11 is 0. The summed E-state index contributed by atoms with van der Waals surface area (Å²) in [6.07, 6.45) is -4.90. The Hall–Kier alpha value is -4.67. The van der Waals surface area contributed by atoms with Crippen LogP contribution < -0.4 is 9.47 Å². The molecular formula is C27H21F3N4O4. The van der Waals surface area contributed by atoms with Gasteiger partial charge in [-0.15, -0.1) is 5.10 Å². The smallest absolute Gasteiger partial charge is 0.434 e. The van der Waals surface area contributed by atoms with Crippen molar-refractivity contribution >= 4 is 22.6 Å². The van der Waals surface area contributed by atoms with Crippen molar-refractivity contribution in [1.29, 1.82) is 0 Å². The van der Waals surface area contributed by atoms with Crippen molar-refractivity contribution < 1.29 is 32.2 Å². The molecular weight excluding hydrogens is 501 g/mol. The average molecular weight is 522 g/mol. The van der Waals surface area contributed by atoms with E-state index in [1.807, 2.05) is 12.1 Å². The maximum atomic E-state index is 13.9. The Labute approximate surface area is 214 Å². The van der Waals surface area contributed by atoms with Crippen molar-refractivity contribution in [3.05, 3.63) is 71.9 Å². The van der Waals surface area contributed by atoms with E-state index in [-0.39, 0.29) is 23.3 Å². The number of aromatic nitrogens is 4. The van der Waals surface area contributed by atoms with Crippen LogP contribution >= 0.6 is 0 Å². The standard InChI is InChI=1S/C27H21F3N4O4/c1-4-38-26(35)19-13-20-24(32-23(19)27(28,29)30)33-34-22(16-7-11-18(37-3)12-8-16)14-21(31-25(20)34)15-5-9-17(36-2)10-6-15/h5-14H,4H2,1-3H3. The lowest BCUT2D eigenvalue weighted by Gasteiger charge is -2.11. The number of carbonyl (C=O) groups excluding carboxylic acids is 1. The van der Waals surface area contributed by atoms with Crippen LogP contribution in [0.25, 0.3) is 39.2 Å². The SMILES string of the molecule is CCOC(=O)c1cc2c(nc1C(F)(F)F)nn1c(-c3ccc(OC)cc3)cc(-c3ccc(OC)cc3)nc21. The first-order valence-electron chi connectivity index (χ1n) is 11.5. The zero-order valence-electron chi connectivity index (χ0n) is 20.5. The van der Waals surface area contributed by atoms with E-state index in [2.05, 4.69) is 10.1 Å². The molecule has 0 saturated carbocycles. The number of benzene rings is 2. The van der Waals surface area contributed by atoms with Gasteiger partial charge in [0.1, 0.15) is 11.5 Å². The van der Waals surface area contributed by atoms with Gasteiger partial charge in [0, 0.05) is 11.1 Å². The highest BCUT2D eigenvalue weighted by Gasteiger charge is 2.39. The predicted molar refractivity (Wildman–Crippen MR) is 133 cm³/mol. The van der Waals surface area contributed by atoms with Gasteiger partial charge < -0.3 is 14.2 Å². The topological polar surface area (TPSA) is 87.8 Å². The Morgan fingerprint density at radius 3 is 2.05 bits per heavy atom. The molecule has 0 N–H and O–H groups in total. The number of carbonyl (C=O) groups is 1. The number of hydrogen-bond acceptors (Lipinski definition) is 7. The largest absolute Gasteiger partial charge is 0.497 e. The third-order valence-corrected chi connectivity index (χ3v) is 5.90. The molecule has 0 bridgehead atoms. The molecule has 3 heterocycles. The molecule has 194 valence electrons. The molecule has 0 spiro atoms. The van der Waals surface area contributed by atoms with E-state index in [0.29, 0.717) is 28.5 Å². The molecule has 0 aliphatic heterocycles. The van der Waals surface area contributed by atoms with Crippen molar-refractivity contribution in [3.8, 4) is 34.0 Å². The summed E-state index contributed by atoms with van der Waals surface area (Å²) in [6.45, 7) is 1.42. The zero-order chi connectivity index (χ0) is 27.0. The van der Waals surface area contributed by atoms with Gasteiger partial charge in [-0.25, -0.2) is 19.3 Å². The number of alkyl halides is 3. The Kier molecular flexibility index (Phi) is 6.35. The summed E-state index contributed by atoms with van der Waals surface area (Å²) in [5, 5.41) is 4.53. The van der Waals surface area contributed by atoms with Crippen LogP contribution in [0.15, 0.2) is 60.7 Å². The Morgan fingerprint density at radius 2 is 1.50 bits per heavy atom. The summed E-state index contributed by atoms with van der Waals surface area (Å²) < 4.78 is 58.3. The molecule has 0 fully saturated rings. The lowest BCUT2D eigenvalue weighted by atomic mass is 10.1. The molecule has 11 heteroatoms. The minimum atomic E-state index is -4.90. The van der Waals surface area contributed by atoms with Gasteiger partial charge in [-0.3, -0.25) is 0 Å². The maximum Gasteiger partial charge on any atom is 0.434 e. The van der Waals surface area contributed by atoms with Crippen LogP contribution in [0.1, 0.15) is 23.0 Å². The molecule has 0 unspecified atom stereocenters. The van der Waals surface area contributed by atoms with Crippen LogP contribution in [-0.2, 0) is 10.9 Å². The van der Waals surface area contributed by atoms with Crippen LogP contribution in [0.4, 0.5) is 13.2 Å². The molecule has 38 heavy (non-hydrogen) atoms. The molecule has 8 nitrogen and oxygen atoms in total. The van der Waals surface area contributed by atoms with Crippen LogP contribution in [0.2, 0.25) is 0 Å². The van der Waals surface area contributed by atoms with Crippen LogP contribution in [0.3, 0.4) is 0 Å². The second kappa shape index (κ2) is 9.66. The molecule has 5 rings (SSSR count). The molecule has 0 atom stereocenters. The third kappa shape index (κ3) is 4.47. The highest BCUT2D eigenvalue weighted by molar-refractivity contribution is 5.99. The van der Waals surface area contributed by atoms with Crippen molar-refractivity contribution in [2.75, 3.05) is 20.8 Å². The third-order valence-electron chi connectivity index (χ3n) is 5.90. The van der Waals surface area contributed by atoms with E-state index in [4.69, 9.17) is 19.2 Å². The molecule has 0 saturated heterocycles. The number of rotatable bonds is 6. The second-order valence-corrected chi connectivity index (χ2v) is 8.19. The summed E-state index contributed by atoms with van der Waals surface area (Å²) in [5.41, 5.74) is 0.478. The van der Waals surface area contributed by atoms with Crippen LogP contribution in [0.5, 0.6) is 11.5 Å². The quantitative estimate of drug-likeness (QED) is 0.260. The van der Waals surface area contributed by atoms with Crippen molar-refractivity contribution in [2.45, 2.75) is 13.1 Å². The molecule has 0 aliphatic carbocycles. The minimum absolute atomic E-state index is 0.0928. The number of pyridine rings is 1. The lowest BCUT2D eigenvalue weighted by molar-refractivity contribution is -0.141. The molecule has 3 aromatic heterocycles. The van der Waals surface area contributed by atoms with E-state index >= 15 is 0 Å². The van der Waals surface area contributed by atoms with Gasteiger partial charge in [-0.1, -0.05) is 0 Å². The molecule has 2 aromatic carbocycles. The first-order chi connectivity index (χ1) is 18.2. The number of nitrogens with zero attached hydrogens (tertiary/aromatic N) is 4. The fourth-order valence-electron chi connectivity index (χ4n) is 4.07. The van der Waals surface area contributed by atoms with Gasteiger partial charge in [-0.05, 0) is 67.6 Å². The molecule has 0 aliphatic rings. The van der Waals surface area contributed by atoms with Gasteiger partial charge >= 0.3 is 12.1 Å². The summed E-state index contributed by atoms with van der Waals surface area (Å²) in [7, 11) is 3.11. The number of methoxy groups -OCH3 is 2. The number of hydrogen-bond donors (Lipinski definition) is 0. The van der Waals surface area contributed by atoms with E-state index in [1.165, 1.54) is 11.4 Å². The molecule has 5 aromatic rings. The number of fused-ring (bicyclic) bond motifs is 3. The van der Waals surface area contributed by atoms with Gasteiger partial charge in [0.2, 0.25) is 0 Å². The van der Waals surface area contributed by atoms with Crippen molar-refractivity contribution in [3.63, 3.8) is 0 Å². The predicted octanol–water partition coefficient (Wildman–Crippen LogP) is 5.82. The van der Waals surface area contributed by atoms with Crippen molar-refractivity contribution in [1.82, 2.24) is 19.6 Å². The second-order valence-electron chi connectivity index (χ2n) is 8.19. The van der Waals surface area contributed by atoms with Gasteiger partial charge in [0.15, 0.2) is 17.0 Å². The summed E-state index contributed by atoms with van der Waals surface area (Å²) in [5.74, 6) is 0.161. The number of ether oxygens (including phenoxy) is 3. The van der Waals surface area contributed by atoms with Gasteiger partial charge in [-0.2, -0.15) is 13.2 Å². The fraction of sp³-hybridized carbons (Fsp3) is 0.185. The summed E-state index contributed by atoms with van der Waals surface area (Å²) in [4.78, 5) is 20.9. The highest BCUT2D eigenvalue weighted by Crippen LogP contribution is 2.35. The van der Waals surface area contributed by atoms with E-state index in [0.717, 1.165) is 11.6 Å². The summed E-state index contributed by atoms with van der Waals surface area (Å²) in [6, 6.07) is 17.2. The van der Waals surface area contributed by atoms with Crippen LogP contribution in [0, 0.1) is 0 Å². The first-order valence-corrected chi connectivity index (χ1v) is 11.5. The molecule has 0 radical (unpaired) electrons. The Balaban J connectivity index is 1.83. The zero-order valence-corrected chi connectivity index (χ0v) is 20.5. The van der Waals surface area contributed by atoms with Crippen molar-refractivity contribution in [2.24, 2.45) is 0 Å².